The molecule has 0 bridgehead atoms. The van der Waals surface area contributed by atoms with E-state index in [2.05, 4.69) is 33.8 Å². The SMILES string of the molecule is CCCCCCC(F)COc1ccc(-c2ncc(OCCCCCCCCCC=CC(F)(F)F)cn2)cc1.CCCCCCC(F)COc1ccc(-c2ncc(OCCCCCCCCCCCC(F)(F)F)cn2)cc1. The highest BCUT2D eigenvalue weighted by molar-refractivity contribution is 5.57. The zero-order valence-corrected chi connectivity index (χ0v) is 45.3. The highest BCUT2D eigenvalue weighted by Gasteiger charge is 2.25. The third kappa shape index (κ3) is 33.9. The summed E-state index contributed by atoms with van der Waals surface area (Å²) in [6, 6.07) is 14.7. The monoisotopic (exact) mass is 1080 g/mol. The van der Waals surface area contributed by atoms with E-state index in [0.717, 1.165) is 152 Å². The number of benzene rings is 2. The number of allylic oxidation sites excluding steroid dienone is 2. The number of halogens is 8. The van der Waals surface area contributed by atoms with Crippen molar-refractivity contribution in [2.24, 2.45) is 0 Å². The predicted octanol–water partition coefficient (Wildman–Crippen LogP) is 19.1. The van der Waals surface area contributed by atoms with Gasteiger partial charge in [0.05, 0.1) is 38.0 Å². The highest BCUT2D eigenvalue weighted by Crippen LogP contribution is 2.26. The zero-order chi connectivity index (χ0) is 55.0. The van der Waals surface area contributed by atoms with Crippen LogP contribution < -0.4 is 18.9 Å². The summed E-state index contributed by atoms with van der Waals surface area (Å²) in [6.45, 7) is 5.61. The number of aromatic nitrogens is 4. The first-order valence-electron chi connectivity index (χ1n) is 28.2. The lowest BCUT2D eigenvalue weighted by molar-refractivity contribution is -0.135. The van der Waals surface area contributed by atoms with Gasteiger partial charge in [-0.2, -0.15) is 26.3 Å². The molecule has 0 aliphatic rings. The number of hydrogen-bond donors (Lipinski definition) is 0. The first-order valence-corrected chi connectivity index (χ1v) is 28.2. The third-order valence-electron chi connectivity index (χ3n) is 12.5. The Balaban J connectivity index is 0.000000400. The van der Waals surface area contributed by atoms with Crippen LogP contribution in [0.4, 0.5) is 35.1 Å². The Morgan fingerprint density at radius 3 is 1.14 bits per heavy atom. The molecule has 2 atom stereocenters. The molecule has 0 radical (unpaired) electrons. The molecule has 0 fully saturated rings. The lowest BCUT2D eigenvalue weighted by atomic mass is 10.1. The van der Waals surface area contributed by atoms with Crippen molar-refractivity contribution < 1.29 is 54.1 Å². The van der Waals surface area contributed by atoms with Crippen molar-refractivity contribution in [2.45, 2.75) is 218 Å². The van der Waals surface area contributed by atoms with Gasteiger partial charge in [-0.15, -0.1) is 0 Å². The fourth-order valence-electron chi connectivity index (χ4n) is 8.12. The second kappa shape index (κ2) is 40.2. The van der Waals surface area contributed by atoms with Gasteiger partial charge in [-0.25, -0.2) is 28.7 Å². The van der Waals surface area contributed by atoms with Crippen molar-refractivity contribution in [2.75, 3.05) is 26.4 Å². The number of nitrogens with zero attached hydrogens (tertiary/aromatic N) is 4. The van der Waals surface area contributed by atoms with Crippen LogP contribution in [0, 0.1) is 0 Å². The summed E-state index contributed by atoms with van der Waals surface area (Å²) >= 11 is 0. The number of alkyl halides is 8. The average molecular weight is 1080 g/mol. The molecule has 0 spiro atoms. The highest BCUT2D eigenvalue weighted by atomic mass is 19.4. The Morgan fingerprint density at radius 2 is 0.776 bits per heavy atom. The van der Waals surface area contributed by atoms with Crippen molar-refractivity contribution in [1.29, 1.82) is 0 Å². The Hall–Kier alpha value is -5.02. The topological polar surface area (TPSA) is 88.5 Å². The lowest BCUT2D eigenvalue weighted by Gasteiger charge is -2.11. The molecule has 0 saturated heterocycles. The maximum absolute atomic E-state index is 14.0. The molecule has 426 valence electrons. The zero-order valence-electron chi connectivity index (χ0n) is 45.3. The fourth-order valence-corrected chi connectivity index (χ4v) is 8.12. The first-order chi connectivity index (χ1) is 36.7. The maximum Gasteiger partial charge on any atom is 0.409 e. The Bertz CT molecular complexity index is 2020. The van der Waals surface area contributed by atoms with E-state index in [-0.39, 0.29) is 19.6 Å². The molecule has 0 saturated carbocycles. The van der Waals surface area contributed by atoms with E-state index in [1.165, 1.54) is 6.08 Å². The van der Waals surface area contributed by atoms with Crippen molar-refractivity contribution in [1.82, 2.24) is 19.9 Å². The molecule has 2 aromatic carbocycles. The van der Waals surface area contributed by atoms with Gasteiger partial charge in [0.15, 0.2) is 23.1 Å². The van der Waals surface area contributed by atoms with Crippen LogP contribution in [-0.4, -0.2) is 71.1 Å². The van der Waals surface area contributed by atoms with Gasteiger partial charge in [-0.05, 0) is 93.5 Å². The Morgan fingerprint density at radius 1 is 0.421 bits per heavy atom. The molecule has 0 aliphatic heterocycles. The van der Waals surface area contributed by atoms with E-state index in [4.69, 9.17) is 18.9 Å². The molecule has 4 aromatic rings. The standard InChI is InChI=1S/C30H44F4N2O2.C30H42F4N2O2/c2*1-2-3-4-12-15-26(31)24-38-27-18-16-25(17-19-27)29-35-22-28(23-36-29)37-21-14-11-9-7-5-6-8-10-13-20-30(32,33)34/h16-19,22-23,26H,2-15,20-21,24H2,1H3;13,16-20,22-23,26H,2-12,14-15,21,24H2,1H3. The molecule has 2 heterocycles. The number of hydrogen-bond acceptors (Lipinski definition) is 8. The first kappa shape index (κ1) is 65.3. The molecular weight excluding hydrogens is 993 g/mol. The minimum Gasteiger partial charge on any atom is -0.491 e. The predicted molar refractivity (Wildman–Crippen MR) is 289 cm³/mol. The molecule has 16 heteroatoms. The van der Waals surface area contributed by atoms with Gasteiger partial charge in [0.2, 0.25) is 0 Å². The molecule has 2 aromatic heterocycles. The van der Waals surface area contributed by atoms with Crippen molar-refractivity contribution >= 4 is 0 Å². The number of ether oxygens (including phenoxy) is 4. The molecule has 0 N–H and O–H groups in total. The summed E-state index contributed by atoms with van der Waals surface area (Å²) < 4.78 is 123. The van der Waals surface area contributed by atoms with Gasteiger partial charge in [0.1, 0.15) is 37.1 Å². The molecular formula is C60H86F8N4O4. The molecule has 0 amide bonds. The van der Waals surface area contributed by atoms with Crippen molar-refractivity contribution in [3.8, 4) is 45.8 Å². The van der Waals surface area contributed by atoms with Crippen LogP contribution in [0.25, 0.3) is 22.8 Å². The van der Waals surface area contributed by atoms with E-state index in [0.29, 0.717) is 79.6 Å². The van der Waals surface area contributed by atoms with Crippen LogP contribution >= 0.6 is 0 Å². The van der Waals surface area contributed by atoms with Gasteiger partial charge in [-0.1, -0.05) is 148 Å². The summed E-state index contributed by atoms with van der Waals surface area (Å²) in [5.74, 6) is 3.67. The van der Waals surface area contributed by atoms with Gasteiger partial charge in [0.25, 0.3) is 0 Å². The van der Waals surface area contributed by atoms with E-state index in [9.17, 15) is 35.1 Å². The van der Waals surface area contributed by atoms with Crippen LogP contribution in [0.2, 0.25) is 0 Å². The van der Waals surface area contributed by atoms with Crippen LogP contribution in [0.3, 0.4) is 0 Å². The normalized spacial score (nSPS) is 12.6. The van der Waals surface area contributed by atoms with Crippen molar-refractivity contribution in [3.05, 3.63) is 85.5 Å². The molecule has 2 unspecified atom stereocenters. The second-order valence-corrected chi connectivity index (χ2v) is 19.5. The van der Waals surface area contributed by atoms with Gasteiger partial charge in [0, 0.05) is 23.6 Å². The maximum atomic E-state index is 14.0. The Labute approximate surface area is 448 Å². The summed E-state index contributed by atoms with van der Waals surface area (Å²) in [7, 11) is 0. The fraction of sp³-hybridized carbons (Fsp3) is 0.633. The van der Waals surface area contributed by atoms with Gasteiger partial charge < -0.3 is 18.9 Å². The molecule has 4 rings (SSSR count). The third-order valence-corrected chi connectivity index (χ3v) is 12.5. The molecule has 0 aliphatic carbocycles. The van der Waals surface area contributed by atoms with Crippen LogP contribution in [-0.2, 0) is 0 Å². The summed E-state index contributed by atoms with van der Waals surface area (Å²) in [5, 5.41) is 0. The minimum atomic E-state index is -4.20. The summed E-state index contributed by atoms with van der Waals surface area (Å²) in [5.41, 5.74) is 1.69. The average Bonchev–Trinajstić information content (AvgIpc) is 3.41. The summed E-state index contributed by atoms with van der Waals surface area (Å²) in [4.78, 5) is 17.5. The smallest absolute Gasteiger partial charge is 0.409 e. The summed E-state index contributed by atoms with van der Waals surface area (Å²) in [6.07, 6.45) is 22.5. The van der Waals surface area contributed by atoms with Crippen molar-refractivity contribution in [3.63, 3.8) is 0 Å². The Kier molecular flexibility index (Phi) is 34.5. The van der Waals surface area contributed by atoms with E-state index >= 15 is 0 Å². The quantitative estimate of drug-likeness (QED) is 0.0247. The second-order valence-electron chi connectivity index (χ2n) is 19.5. The van der Waals surface area contributed by atoms with E-state index in [1.54, 1.807) is 49.1 Å². The molecule has 8 nitrogen and oxygen atoms in total. The number of rotatable bonds is 41. The number of unbranched alkanes of at least 4 members (excludes halogenated alkanes) is 21. The van der Waals surface area contributed by atoms with Crippen LogP contribution in [0.1, 0.15) is 194 Å². The lowest BCUT2D eigenvalue weighted by Crippen LogP contribution is -2.12. The van der Waals surface area contributed by atoms with Crippen LogP contribution in [0.5, 0.6) is 23.0 Å². The van der Waals surface area contributed by atoms with E-state index < -0.39 is 31.1 Å². The van der Waals surface area contributed by atoms with Crippen LogP contribution in [0.15, 0.2) is 85.5 Å². The van der Waals surface area contributed by atoms with Gasteiger partial charge >= 0.3 is 12.4 Å². The van der Waals surface area contributed by atoms with E-state index in [1.807, 2.05) is 24.3 Å². The molecule has 76 heavy (non-hydrogen) atoms. The van der Waals surface area contributed by atoms with Gasteiger partial charge in [-0.3, -0.25) is 0 Å². The largest absolute Gasteiger partial charge is 0.491 e. The minimum absolute atomic E-state index is 0.0696.